The van der Waals surface area contributed by atoms with Gasteiger partial charge >= 0.3 is 0 Å². The van der Waals surface area contributed by atoms with E-state index in [0.717, 1.165) is 41.9 Å². The minimum Gasteiger partial charge on any atom is -0.394 e. The van der Waals surface area contributed by atoms with Crippen LogP contribution in [0.4, 0.5) is 17.3 Å². The molecule has 9 nitrogen and oxygen atoms in total. The highest BCUT2D eigenvalue weighted by Crippen LogP contribution is 2.42. The van der Waals surface area contributed by atoms with E-state index in [1.54, 1.807) is 4.52 Å². The molecule has 4 N–H and O–H groups in total. The summed E-state index contributed by atoms with van der Waals surface area (Å²) in [6, 6.07) is 1.98. The summed E-state index contributed by atoms with van der Waals surface area (Å²) in [5.41, 5.74) is 10.1. The number of anilines is 2. The van der Waals surface area contributed by atoms with E-state index in [9.17, 15) is 5.11 Å². The Morgan fingerprint density at radius 1 is 1.37 bits per heavy atom. The molecule has 2 fully saturated rings. The lowest BCUT2D eigenvalue weighted by atomic mass is 10.1. The van der Waals surface area contributed by atoms with Crippen molar-refractivity contribution in [1.29, 1.82) is 0 Å². The number of aliphatic hydroxyl groups is 1. The SMILES string of the molecule is [C-]#[N+]c1c(NCCc2ccn(C3(CO)CC3)n2)nc2c(CC3CC3)c(C)nn2c1N. The lowest BCUT2D eigenvalue weighted by Gasteiger charge is -2.12. The van der Waals surface area contributed by atoms with Crippen LogP contribution >= 0.6 is 0 Å². The molecule has 0 radical (unpaired) electrons. The van der Waals surface area contributed by atoms with E-state index in [2.05, 4.69) is 20.4 Å². The van der Waals surface area contributed by atoms with Crippen molar-refractivity contribution in [3.05, 3.63) is 40.6 Å². The van der Waals surface area contributed by atoms with Crippen LogP contribution in [0.2, 0.25) is 0 Å². The fourth-order valence-electron chi connectivity index (χ4n) is 3.97. The smallest absolute Gasteiger partial charge is 0.268 e. The topological polar surface area (TPSA) is 111 Å². The minimum atomic E-state index is -0.193. The average Bonchev–Trinajstić information content (AvgIpc) is 3.65. The third kappa shape index (κ3) is 3.17. The zero-order valence-corrected chi connectivity index (χ0v) is 17.1. The van der Waals surface area contributed by atoms with Crippen LogP contribution in [0.25, 0.3) is 10.5 Å². The van der Waals surface area contributed by atoms with Crippen LogP contribution < -0.4 is 11.1 Å². The van der Waals surface area contributed by atoms with Crippen LogP contribution in [0.5, 0.6) is 0 Å². The number of nitrogen functional groups attached to an aromatic ring is 1. The molecule has 156 valence electrons. The van der Waals surface area contributed by atoms with Gasteiger partial charge in [-0.25, -0.2) is 14.3 Å². The molecule has 0 atom stereocenters. The summed E-state index contributed by atoms with van der Waals surface area (Å²) in [6.07, 6.45) is 8.02. The molecule has 0 aliphatic heterocycles. The van der Waals surface area contributed by atoms with Crippen molar-refractivity contribution in [1.82, 2.24) is 24.4 Å². The molecule has 0 amide bonds. The Hall–Kier alpha value is -3.12. The van der Waals surface area contributed by atoms with Gasteiger partial charge in [0.1, 0.15) is 11.6 Å². The molecule has 5 rings (SSSR count). The number of aryl methyl sites for hydroxylation is 1. The summed E-state index contributed by atoms with van der Waals surface area (Å²) in [5, 5.41) is 22.0. The number of hydrogen-bond donors (Lipinski definition) is 3. The Balaban J connectivity index is 1.36. The van der Waals surface area contributed by atoms with Gasteiger partial charge in [-0.2, -0.15) is 10.2 Å². The van der Waals surface area contributed by atoms with Gasteiger partial charge < -0.3 is 16.2 Å². The molecule has 0 bridgehead atoms. The maximum atomic E-state index is 9.57. The zero-order chi connectivity index (χ0) is 20.9. The first-order valence-electron chi connectivity index (χ1n) is 10.5. The number of fused-ring (bicyclic) bond motifs is 1. The van der Waals surface area contributed by atoms with Crippen molar-refractivity contribution in [2.75, 3.05) is 24.2 Å². The van der Waals surface area contributed by atoms with Gasteiger partial charge in [0.15, 0.2) is 5.65 Å². The van der Waals surface area contributed by atoms with Gasteiger partial charge in [0, 0.05) is 24.7 Å². The standard InChI is InChI=1S/C21H26N8O/c1-13-16(11-14-3-4-14)20-25-19(17(23-2)18(22)29(20)26-13)24-9-5-15-6-10-28(27-15)21(12-30)7-8-21/h6,10,14,30H,3-5,7-9,11-12,22H2,1H3,(H,24,25). The highest BCUT2D eigenvalue weighted by atomic mass is 16.3. The third-order valence-electron chi connectivity index (χ3n) is 6.30. The molecular formula is C21H26N8O. The highest BCUT2D eigenvalue weighted by Gasteiger charge is 2.44. The number of rotatable bonds is 8. The number of aromatic nitrogens is 5. The molecule has 9 heteroatoms. The van der Waals surface area contributed by atoms with E-state index in [4.69, 9.17) is 17.3 Å². The van der Waals surface area contributed by atoms with E-state index in [1.807, 2.05) is 23.9 Å². The molecule has 2 aliphatic rings. The molecule has 0 unspecified atom stereocenters. The lowest BCUT2D eigenvalue weighted by molar-refractivity contribution is 0.202. The molecule has 0 saturated heterocycles. The number of nitrogens with zero attached hydrogens (tertiary/aromatic N) is 6. The van der Waals surface area contributed by atoms with Crippen LogP contribution in [-0.4, -0.2) is 42.6 Å². The van der Waals surface area contributed by atoms with Crippen molar-refractivity contribution < 1.29 is 5.11 Å². The van der Waals surface area contributed by atoms with Crippen LogP contribution in [0, 0.1) is 19.4 Å². The average molecular weight is 406 g/mol. The van der Waals surface area contributed by atoms with Gasteiger partial charge in [0.25, 0.3) is 5.69 Å². The number of hydrogen-bond acceptors (Lipinski definition) is 6. The Labute approximate surface area is 174 Å². The van der Waals surface area contributed by atoms with Crippen LogP contribution in [-0.2, 0) is 18.4 Å². The summed E-state index contributed by atoms with van der Waals surface area (Å²) in [6.45, 7) is 10.3. The molecule has 30 heavy (non-hydrogen) atoms. The van der Waals surface area contributed by atoms with Gasteiger partial charge in [-0.1, -0.05) is 0 Å². The first-order valence-corrected chi connectivity index (χ1v) is 10.5. The van der Waals surface area contributed by atoms with Crippen molar-refractivity contribution in [3.63, 3.8) is 0 Å². The first kappa shape index (κ1) is 18.9. The molecule has 3 heterocycles. The van der Waals surface area contributed by atoms with E-state index in [-0.39, 0.29) is 12.1 Å². The summed E-state index contributed by atoms with van der Waals surface area (Å²) >= 11 is 0. The summed E-state index contributed by atoms with van der Waals surface area (Å²) < 4.78 is 3.49. The van der Waals surface area contributed by atoms with Crippen LogP contribution in [0.3, 0.4) is 0 Å². The number of nitrogens with two attached hydrogens (primary N) is 1. The summed E-state index contributed by atoms with van der Waals surface area (Å²) in [5.74, 6) is 1.53. The van der Waals surface area contributed by atoms with Crippen LogP contribution in [0.1, 0.15) is 42.6 Å². The normalized spacial score (nSPS) is 17.2. The van der Waals surface area contributed by atoms with Gasteiger partial charge in [-0.3, -0.25) is 4.68 Å². The van der Waals surface area contributed by atoms with Crippen molar-refractivity contribution >= 4 is 23.0 Å². The third-order valence-corrected chi connectivity index (χ3v) is 6.30. The maximum Gasteiger partial charge on any atom is 0.268 e. The molecule has 0 spiro atoms. The van der Waals surface area contributed by atoms with Gasteiger partial charge in [0.05, 0.1) is 30.1 Å². The Morgan fingerprint density at radius 2 is 2.17 bits per heavy atom. The zero-order valence-electron chi connectivity index (χ0n) is 17.1. The maximum absolute atomic E-state index is 9.57. The van der Waals surface area contributed by atoms with Crippen molar-refractivity contribution in [2.24, 2.45) is 5.92 Å². The van der Waals surface area contributed by atoms with E-state index >= 15 is 0 Å². The fourth-order valence-corrected chi connectivity index (χ4v) is 3.97. The second-order valence-electron chi connectivity index (χ2n) is 8.56. The Bertz CT molecular complexity index is 1150. The predicted octanol–water partition coefficient (Wildman–Crippen LogP) is 2.46. The van der Waals surface area contributed by atoms with Crippen molar-refractivity contribution in [2.45, 2.75) is 51.0 Å². The monoisotopic (exact) mass is 406 g/mol. The first-order chi connectivity index (χ1) is 14.5. The molecular weight excluding hydrogens is 380 g/mol. The molecule has 0 aromatic carbocycles. The number of aliphatic hydroxyl groups excluding tert-OH is 1. The molecule has 3 aromatic rings. The van der Waals surface area contributed by atoms with Gasteiger partial charge in [0.2, 0.25) is 0 Å². The van der Waals surface area contributed by atoms with E-state index in [1.165, 1.54) is 12.8 Å². The van der Waals surface area contributed by atoms with Gasteiger partial charge in [-0.05, 0) is 51.0 Å². The van der Waals surface area contributed by atoms with E-state index in [0.29, 0.717) is 36.2 Å². The van der Waals surface area contributed by atoms with E-state index < -0.39 is 0 Å². The lowest BCUT2D eigenvalue weighted by Crippen LogP contribution is -2.22. The number of nitrogens with one attached hydrogen (secondary N) is 1. The predicted molar refractivity (Wildman–Crippen MR) is 114 cm³/mol. The fraction of sp³-hybridized carbons (Fsp3) is 0.524. The highest BCUT2D eigenvalue weighted by molar-refractivity contribution is 5.80. The minimum absolute atomic E-state index is 0.123. The summed E-state index contributed by atoms with van der Waals surface area (Å²) in [4.78, 5) is 8.35. The Morgan fingerprint density at radius 3 is 2.83 bits per heavy atom. The van der Waals surface area contributed by atoms with Crippen molar-refractivity contribution in [3.8, 4) is 0 Å². The molecule has 2 aliphatic carbocycles. The van der Waals surface area contributed by atoms with Gasteiger partial charge in [-0.15, -0.1) is 0 Å². The largest absolute Gasteiger partial charge is 0.394 e. The molecule has 3 aromatic heterocycles. The molecule has 2 saturated carbocycles. The second-order valence-corrected chi connectivity index (χ2v) is 8.56. The van der Waals surface area contributed by atoms with Crippen LogP contribution in [0.15, 0.2) is 12.3 Å². The Kier molecular flexibility index (Phi) is 4.40. The summed E-state index contributed by atoms with van der Waals surface area (Å²) in [7, 11) is 0. The second kappa shape index (κ2) is 6.99. The quantitative estimate of drug-likeness (QED) is 0.496.